The molecule has 7 nitrogen and oxygen atoms in total. The van der Waals surface area contributed by atoms with Crippen molar-refractivity contribution in [2.75, 3.05) is 26.3 Å². The van der Waals surface area contributed by atoms with Crippen molar-refractivity contribution in [2.24, 2.45) is 10.8 Å². The minimum atomic E-state index is -0.379. The van der Waals surface area contributed by atoms with Gasteiger partial charge in [0.05, 0.1) is 19.5 Å². The van der Waals surface area contributed by atoms with Gasteiger partial charge in [-0.25, -0.2) is 9.59 Å². The maximum Gasteiger partial charge on any atom is 0.407 e. The molecule has 0 bridgehead atoms. The fourth-order valence-electron chi connectivity index (χ4n) is 6.85. The Kier molecular flexibility index (Phi) is 28.4. The molecule has 2 atom stereocenters. The molecule has 3 N–H and O–H groups in total. The third-order valence-corrected chi connectivity index (χ3v) is 8.76. The second-order valence-corrected chi connectivity index (χ2v) is 14.2. The number of urea groups is 1. The van der Waals surface area contributed by atoms with Crippen molar-refractivity contribution in [3.63, 3.8) is 0 Å². The van der Waals surface area contributed by atoms with Gasteiger partial charge >= 0.3 is 12.1 Å². The van der Waals surface area contributed by atoms with Crippen LogP contribution in [0, 0.1) is 10.8 Å². The molecule has 268 valence electrons. The third kappa shape index (κ3) is 25.9. The van der Waals surface area contributed by atoms with Crippen LogP contribution < -0.4 is 16.0 Å². The molecule has 45 heavy (non-hydrogen) atoms. The predicted molar refractivity (Wildman–Crippen MR) is 194 cm³/mol. The van der Waals surface area contributed by atoms with E-state index in [9.17, 15) is 9.59 Å². The summed E-state index contributed by atoms with van der Waals surface area (Å²) < 4.78 is 10.4. The van der Waals surface area contributed by atoms with E-state index >= 15 is 0 Å². The van der Waals surface area contributed by atoms with Gasteiger partial charge < -0.3 is 25.4 Å². The molecule has 3 amide bonds. The van der Waals surface area contributed by atoms with Gasteiger partial charge in [-0.15, -0.1) is 0 Å². The van der Waals surface area contributed by atoms with Crippen LogP contribution in [0.3, 0.4) is 0 Å². The highest BCUT2D eigenvalue weighted by Gasteiger charge is 2.42. The maximum absolute atomic E-state index is 12.6. The predicted octanol–water partition coefficient (Wildman–Crippen LogP) is 11.1. The van der Waals surface area contributed by atoms with Crippen molar-refractivity contribution in [3.8, 4) is 0 Å². The SMILES string of the molecule is C.C.C=COCCCCOC(=O)NCC1(C)CC(NC(=O)NCCCCCCCCCCCCCCCCCC)CC(C)(C)C1. The highest BCUT2D eigenvalue weighted by atomic mass is 16.5. The monoisotopic (exact) mass is 640 g/mol. The van der Waals surface area contributed by atoms with Crippen molar-refractivity contribution >= 4 is 12.1 Å². The minimum Gasteiger partial charge on any atom is -0.502 e. The van der Waals surface area contributed by atoms with Crippen LogP contribution in [0.15, 0.2) is 12.8 Å². The standard InChI is InChI=1S/C36H69N3O4.2CH4/c1-6-8-9-10-11-12-13-14-15-16-17-18-19-20-21-22-25-37-33(40)39-32-28-35(3,4)30-36(5,29-32)31-38-34(41)43-27-24-23-26-42-7-2;;/h7,32H,2,6,8-31H2,1,3-5H3,(H,38,41)(H2,37,39,40);2*1H4. The summed E-state index contributed by atoms with van der Waals surface area (Å²) in [6, 6.07) is 0.0148. The second-order valence-electron chi connectivity index (χ2n) is 14.2. The van der Waals surface area contributed by atoms with Gasteiger partial charge in [0.25, 0.3) is 0 Å². The minimum absolute atomic E-state index is 0. The molecule has 1 saturated carbocycles. The summed E-state index contributed by atoms with van der Waals surface area (Å²) >= 11 is 0. The van der Waals surface area contributed by atoms with Gasteiger partial charge in [0.1, 0.15) is 0 Å². The van der Waals surface area contributed by atoms with Gasteiger partial charge in [0, 0.05) is 19.1 Å². The second kappa shape index (κ2) is 28.3. The largest absolute Gasteiger partial charge is 0.502 e. The Morgan fingerprint density at radius 1 is 0.733 bits per heavy atom. The van der Waals surface area contributed by atoms with Gasteiger partial charge in [-0.3, -0.25) is 0 Å². The van der Waals surface area contributed by atoms with Crippen LogP contribution in [0.4, 0.5) is 9.59 Å². The Morgan fingerprint density at radius 2 is 1.24 bits per heavy atom. The molecule has 0 aromatic rings. The zero-order valence-electron chi connectivity index (χ0n) is 28.7. The molecule has 1 aliphatic carbocycles. The fraction of sp³-hybridized carbons (Fsp3) is 0.895. The summed E-state index contributed by atoms with van der Waals surface area (Å²) in [5, 5.41) is 9.25. The molecular formula is C38H77N3O4. The van der Waals surface area contributed by atoms with Crippen LogP contribution in [0.5, 0.6) is 0 Å². The molecule has 0 aromatic heterocycles. The number of unbranched alkanes of at least 4 members (excludes halogenated alkanes) is 16. The number of hydrogen-bond donors (Lipinski definition) is 3. The van der Waals surface area contributed by atoms with E-state index in [1.807, 2.05) is 0 Å². The van der Waals surface area contributed by atoms with Crippen molar-refractivity contribution in [1.29, 1.82) is 0 Å². The van der Waals surface area contributed by atoms with Crippen LogP contribution in [0.25, 0.3) is 0 Å². The molecule has 1 rings (SSSR count). The van der Waals surface area contributed by atoms with Gasteiger partial charge in [0.2, 0.25) is 0 Å². The van der Waals surface area contributed by atoms with Crippen LogP contribution in [0.2, 0.25) is 0 Å². The first-order chi connectivity index (χ1) is 20.7. The van der Waals surface area contributed by atoms with E-state index in [1.54, 1.807) is 0 Å². The lowest BCUT2D eigenvalue weighted by Gasteiger charge is -2.46. The molecule has 2 unspecified atom stereocenters. The number of nitrogens with one attached hydrogen (secondary N) is 3. The molecule has 7 heteroatoms. The molecule has 0 radical (unpaired) electrons. The first kappa shape index (κ1) is 45.2. The summed E-state index contributed by atoms with van der Waals surface area (Å²) in [7, 11) is 0. The summed E-state index contributed by atoms with van der Waals surface area (Å²) in [4.78, 5) is 24.9. The Morgan fingerprint density at radius 3 is 1.78 bits per heavy atom. The summed E-state index contributed by atoms with van der Waals surface area (Å²) in [5.41, 5.74) is -0.0278. The molecule has 0 heterocycles. The third-order valence-electron chi connectivity index (χ3n) is 8.76. The highest BCUT2D eigenvalue weighted by Crippen LogP contribution is 2.45. The molecule has 0 spiro atoms. The summed E-state index contributed by atoms with van der Waals surface area (Å²) in [6.07, 6.45) is 27.0. The average molecular weight is 640 g/mol. The van der Waals surface area contributed by atoms with Crippen molar-refractivity contribution < 1.29 is 19.1 Å². The van der Waals surface area contributed by atoms with E-state index in [-0.39, 0.29) is 43.8 Å². The van der Waals surface area contributed by atoms with E-state index in [0.717, 1.165) is 45.1 Å². The van der Waals surface area contributed by atoms with E-state index in [0.29, 0.717) is 19.8 Å². The van der Waals surface area contributed by atoms with Crippen molar-refractivity contribution in [3.05, 3.63) is 12.8 Å². The number of ether oxygens (including phenoxy) is 2. The number of carbonyl (C=O) groups excluding carboxylic acids is 2. The Bertz CT molecular complexity index is 730. The summed E-state index contributed by atoms with van der Waals surface area (Å²) in [5.74, 6) is 0. The van der Waals surface area contributed by atoms with E-state index in [1.165, 1.54) is 103 Å². The van der Waals surface area contributed by atoms with Crippen LogP contribution in [0.1, 0.15) is 177 Å². The Labute approximate surface area is 280 Å². The Hall–Kier alpha value is -1.92. The number of hydrogen-bond acceptors (Lipinski definition) is 4. The maximum atomic E-state index is 12.6. The van der Waals surface area contributed by atoms with Crippen LogP contribution in [-0.4, -0.2) is 44.5 Å². The van der Waals surface area contributed by atoms with E-state index in [2.05, 4.69) is 50.2 Å². The molecule has 0 saturated heterocycles. The fourth-order valence-corrected chi connectivity index (χ4v) is 6.85. The van der Waals surface area contributed by atoms with Crippen LogP contribution >= 0.6 is 0 Å². The highest BCUT2D eigenvalue weighted by molar-refractivity contribution is 5.74. The smallest absolute Gasteiger partial charge is 0.407 e. The molecular weight excluding hydrogens is 562 g/mol. The molecule has 1 aliphatic rings. The lowest BCUT2D eigenvalue weighted by atomic mass is 9.62. The Balaban J connectivity index is 0. The summed E-state index contributed by atoms with van der Waals surface area (Å²) in [6.45, 7) is 14.7. The number of alkyl carbamates (subject to hydrolysis) is 1. The topological polar surface area (TPSA) is 88.7 Å². The van der Waals surface area contributed by atoms with Crippen LogP contribution in [-0.2, 0) is 9.47 Å². The van der Waals surface area contributed by atoms with Crippen molar-refractivity contribution in [2.45, 2.75) is 183 Å². The normalized spacial score (nSPS) is 18.5. The van der Waals surface area contributed by atoms with Crippen molar-refractivity contribution in [1.82, 2.24) is 16.0 Å². The van der Waals surface area contributed by atoms with Gasteiger partial charge in [-0.05, 0) is 49.4 Å². The number of carbonyl (C=O) groups is 2. The molecule has 0 aromatic carbocycles. The first-order valence-corrected chi connectivity index (χ1v) is 17.9. The quantitative estimate of drug-likeness (QED) is 0.0649. The lowest BCUT2D eigenvalue weighted by molar-refractivity contribution is 0.0693. The van der Waals surface area contributed by atoms with E-state index in [4.69, 9.17) is 9.47 Å². The van der Waals surface area contributed by atoms with E-state index < -0.39 is 0 Å². The molecule has 1 fully saturated rings. The lowest BCUT2D eigenvalue weighted by Crippen LogP contribution is -2.52. The molecule has 0 aliphatic heterocycles. The van der Waals surface area contributed by atoms with Gasteiger partial charge in [0.15, 0.2) is 0 Å². The first-order valence-electron chi connectivity index (χ1n) is 17.9. The van der Waals surface area contributed by atoms with Gasteiger partial charge in [-0.2, -0.15) is 0 Å². The number of rotatable bonds is 26. The zero-order valence-corrected chi connectivity index (χ0v) is 28.7. The zero-order chi connectivity index (χ0) is 31.7. The van der Waals surface area contributed by atoms with Gasteiger partial charge in [-0.1, -0.05) is 145 Å². The average Bonchev–Trinajstić information content (AvgIpc) is 2.94. The number of amides is 3.